The molecule has 0 saturated heterocycles. The summed E-state index contributed by atoms with van der Waals surface area (Å²) >= 11 is 0. The molecule has 0 radical (unpaired) electrons. The molecule has 17 heavy (non-hydrogen) atoms. The molecule has 0 bridgehead atoms. The number of hydrogen-bond donors (Lipinski definition) is 2. The van der Waals surface area contributed by atoms with Crippen molar-refractivity contribution >= 4 is 11.4 Å². The van der Waals surface area contributed by atoms with Crippen molar-refractivity contribution in [3.05, 3.63) is 23.5 Å². The van der Waals surface area contributed by atoms with Crippen LogP contribution in [-0.2, 0) is 0 Å². The second-order valence-electron chi connectivity index (χ2n) is 5.94. The molecule has 1 saturated carbocycles. The van der Waals surface area contributed by atoms with Gasteiger partial charge in [-0.2, -0.15) is 0 Å². The van der Waals surface area contributed by atoms with Crippen LogP contribution in [0.2, 0.25) is 0 Å². The highest BCUT2D eigenvalue weighted by Gasteiger charge is 2.30. The molecule has 1 fully saturated rings. The van der Waals surface area contributed by atoms with Gasteiger partial charge < -0.3 is 11.1 Å². The van der Waals surface area contributed by atoms with Gasteiger partial charge in [-0.05, 0) is 49.3 Å². The van der Waals surface area contributed by atoms with E-state index in [-0.39, 0.29) is 5.82 Å². The van der Waals surface area contributed by atoms with Gasteiger partial charge in [0.05, 0.1) is 11.4 Å². The Morgan fingerprint density at radius 3 is 2.71 bits per heavy atom. The SMILES string of the molecule is Cc1cc(NC2CCC(C)(C)C2)c(N)cc1F. The summed E-state index contributed by atoms with van der Waals surface area (Å²) in [4.78, 5) is 0. The second-order valence-corrected chi connectivity index (χ2v) is 5.94. The molecule has 3 N–H and O–H groups in total. The number of rotatable bonds is 2. The van der Waals surface area contributed by atoms with Gasteiger partial charge in [0.15, 0.2) is 0 Å². The third-order valence-corrected chi connectivity index (χ3v) is 3.66. The van der Waals surface area contributed by atoms with E-state index in [2.05, 4.69) is 19.2 Å². The van der Waals surface area contributed by atoms with Crippen LogP contribution < -0.4 is 11.1 Å². The van der Waals surface area contributed by atoms with E-state index in [0.29, 0.717) is 22.7 Å². The lowest BCUT2D eigenvalue weighted by Gasteiger charge is -2.20. The highest BCUT2D eigenvalue weighted by molar-refractivity contribution is 5.67. The first-order valence-corrected chi connectivity index (χ1v) is 6.19. The second kappa shape index (κ2) is 4.21. The van der Waals surface area contributed by atoms with Crippen molar-refractivity contribution in [1.82, 2.24) is 0 Å². The fraction of sp³-hybridized carbons (Fsp3) is 0.571. The first-order chi connectivity index (χ1) is 7.87. The van der Waals surface area contributed by atoms with Crippen LogP contribution >= 0.6 is 0 Å². The maximum absolute atomic E-state index is 13.3. The van der Waals surface area contributed by atoms with Crippen molar-refractivity contribution in [2.24, 2.45) is 5.41 Å². The number of nitrogens with one attached hydrogen (secondary N) is 1. The van der Waals surface area contributed by atoms with Gasteiger partial charge in [0.2, 0.25) is 0 Å². The topological polar surface area (TPSA) is 38.0 Å². The lowest BCUT2D eigenvalue weighted by molar-refractivity contribution is 0.378. The minimum atomic E-state index is -0.236. The Bertz CT molecular complexity index is 426. The number of nitrogen functional groups attached to an aromatic ring is 1. The monoisotopic (exact) mass is 236 g/mol. The van der Waals surface area contributed by atoms with E-state index in [1.807, 2.05) is 0 Å². The van der Waals surface area contributed by atoms with Gasteiger partial charge in [0.1, 0.15) is 5.82 Å². The van der Waals surface area contributed by atoms with E-state index >= 15 is 0 Å². The van der Waals surface area contributed by atoms with Crippen LogP contribution in [0.1, 0.15) is 38.7 Å². The van der Waals surface area contributed by atoms with E-state index in [4.69, 9.17) is 5.73 Å². The average molecular weight is 236 g/mol. The summed E-state index contributed by atoms with van der Waals surface area (Å²) in [5.41, 5.74) is 8.24. The molecule has 2 nitrogen and oxygen atoms in total. The zero-order valence-electron chi connectivity index (χ0n) is 10.8. The number of benzene rings is 1. The molecule has 1 aliphatic rings. The Kier molecular flexibility index (Phi) is 3.02. The molecule has 2 rings (SSSR count). The summed E-state index contributed by atoms with van der Waals surface area (Å²) in [6.45, 7) is 6.33. The van der Waals surface area contributed by atoms with Crippen LogP contribution in [0.25, 0.3) is 0 Å². The summed E-state index contributed by atoms with van der Waals surface area (Å²) in [5.74, 6) is -0.236. The molecule has 1 aliphatic carbocycles. The van der Waals surface area contributed by atoms with E-state index in [1.165, 1.54) is 12.5 Å². The summed E-state index contributed by atoms with van der Waals surface area (Å²) in [7, 11) is 0. The minimum Gasteiger partial charge on any atom is -0.397 e. The highest BCUT2D eigenvalue weighted by Crippen LogP contribution is 2.39. The molecule has 0 amide bonds. The van der Waals surface area contributed by atoms with Crippen LogP contribution in [-0.4, -0.2) is 6.04 Å². The molecule has 0 heterocycles. The zero-order valence-corrected chi connectivity index (χ0v) is 10.8. The number of anilines is 2. The van der Waals surface area contributed by atoms with Crippen molar-refractivity contribution < 1.29 is 4.39 Å². The van der Waals surface area contributed by atoms with Crippen molar-refractivity contribution in [2.45, 2.75) is 46.1 Å². The summed E-state index contributed by atoms with van der Waals surface area (Å²) in [5, 5.41) is 3.44. The smallest absolute Gasteiger partial charge is 0.128 e. The Morgan fingerprint density at radius 1 is 1.41 bits per heavy atom. The molecule has 3 heteroatoms. The summed E-state index contributed by atoms with van der Waals surface area (Å²) in [6, 6.07) is 3.66. The van der Waals surface area contributed by atoms with Gasteiger partial charge in [-0.1, -0.05) is 13.8 Å². The Hall–Kier alpha value is -1.25. The fourth-order valence-electron chi connectivity index (χ4n) is 2.60. The average Bonchev–Trinajstić information content (AvgIpc) is 2.54. The molecule has 0 spiro atoms. The molecule has 1 aromatic carbocycles. The zero-order chi connectivity index (χ0) is 12.6. The van der Waals surface area contributed by atoms with Crippen molar-refractivity contribution in [1.29, 1.82) is 0 Å². The number of nitrogens with two attached hydrogens (primary N) is 1. The molecular weight excluding hydrogens is 215 g/mol. The largest absolute Gasteiger partial charge is 0.397 e. The van der Waals surface area contributed by atoms with Gasteiger partial charge in [-0.3, -0.25) is 0 Å². The van der Waals surface area contributed by atoms with Gasteiger partial charge in [0, 0.05) is 6.04 Å². The lowest BCUT2D eigenvalue weighted by Crippen LogP contribution is -2.18. The number of aryl methyl sites for hydroxylation is 1. The molecule has 1 atom stereocenters. The molecule has 0 aromatic heterocycles. The van der Waals surface area contributed by atoms with Crippen LogP contribution in [0.3, 0.4) is 0 Å². The summed E-state index contributed by atoms with van der Waals surface area (Å²) < 4.78 is 13.3. The third kappa shape index (κ3) is 2.71. The maximum atomic E-state index is 13.3. The predicted molar refractivity (Wildman–Crippen MR) is 70.6 cm³/mol. The first-order valence-electron chi connectivity index (χ1n) is 6.19. The van der Waals surface area contributed by atoms with Gasteiger partial charge in [-0.25, -0.2) is 4.39 Å². The van der Waals surface area contributed by atoms with Gasteiger partial charge in [0.25, 0.3) is 0 Å². The Balaban J connectivity index is 2.12. The van der Waals surface area contributed by atoms with E-state index in [1.54, 1.807) is 13.0 Å². The lowest BCUT2D eigenvalue weighted by atomic mass is 9.92. The number of halogens is 1. The molecule has 1 aromatic rings. The molecule has 0 aliphatic heterocycles. The van der Waals surface area contributed by atoms with Gasteiger partial charge >= 0.3 is 0 Å². The maximum Gasteiger partial charge on any atom is 0.128 e. The molecule has 1 unspecified atom stereocenters. The van der Waals surface area contributed by atoms with E-state index < -0.39 is 0 Å². The minimum absolute atomic E-state index is 0.236. The predicted octanol–water partition coefficient (Wildman–Crippen LogP) is 3.71. The van der Waals surface area contributed by atoms with Gasteiger partial charge in [-0.15, -0.1) is 0 Å². The standard InChI is InChI=1S/C14H21FN2/c1-9-6-13(12(16)7-11(9)15)17-10-4-5-14(2,3)8-10/h6-7,10,17H,4-5,8,16H2,1-3H3. The molecular formula is C14H21FN2. The van der Waals surface area contributed by atoms with Crippen LogP contribution in [0, 0.1) is 18.2 Å². The third-order valence-electron chi connectivity index (χ3n) is 3.66. The fourth-order valence-corrected chi connectivity index (χ4v) is 2.60. The Morgan fingerprint density at radius 2 is 2.12 bits per heavy atom. The van der Waals surface area contributed by atoms with Crippen LogP contribution in [0.4, 0.5) is 15.8 Å². The first kappa shape index (κ1) is 12.2. The quantitative estimate of drug-likeness (QED) is 0.768. The van der Waals surface area contributed by atoms with E-state index in [0.717, 1.165) is 18.5 Å². The van der Waals surface area contributed by atoms with Crippen LogP contribution in [0.15, 0.2) is 12.1 Å². The van der Waals surface area contributed by atoms with Crippen molar-refractivity contribution in [3.63, 3.8) is 0 Å². The number of hydrogen-bond acceptors (Lipinski definition) is 2. The normalized spacial score (nSPS) is 22.7. The van der Waals surface area contributed by atoms with E-state index in [9.17, 15) is 4.39 Å². The Labute approximate surface area is 102 Å². The van der Waals surface area contributed by atoms with Crippen molar-refractivity contribution in [3.8, 4) is 0 Å². The summed E-state index contributed by atoms with van der Waals surface area (Å²) in [6.07, 6.45) is 3.52. The highest BCUT2D eigenvalue weighted by atomic mass is 19.1. The van der Waals surface area contributed by atoms with Crippen LogP contribution in [0.5, 0.6) is 0 Å². The van der Waals surface area contributed by atoms with Crippen molar-refractivity contribution in [2.75, 3.05) is 11.1 Å². The molecule has 94 valence electrons.